The van der Waals surface area contributed by atoms with Gasteiger partial charge in [-0.15, -0.1) is 11.3 Å². The summed E-state index contributed by atoms with van der Waals surface area (Å²) in [6.07, 6.45) is -1.05. The first kappa shape index (κ1) is 19.5. The summed E-state index contributed by atoms with van der Waals surface area (Å²) in [6.45, 7) is 0.927. The zero-order valence-electron chi connectivity index (χ0n) is 14.9. The van der Waals surface area contributed by atoms with Gasteiger partial charge < -0.3 is 9.47 Å². The Morgan fingerprint density at radius 3 is 2.61 bits per heavy atom. The van der Waals surface area contributed by atoms with E-state index in [1.807, 2.05) is 35.7 Å². The van der Waals surface area contributed by atoms with E-state index in [-0.39, 0.29) is 5.75 Å². The van der Waals surface area contributed by atoms with Crippen molar-refractivity contribution in [1.82, 2.24) is 4.98 Å². The first-order chi connectivity index (χ1) is 13.5. The molecule has 1 heterocycles. The van der Waals surface area contributed by atoms with Crippen LogP contribution in [0.3, 0.4) is 0 Å². The van der Waals surface area contributed by atoms with Gasteiger partial charge in [-0.25, -0.2) is 14.2 Å². The fourth-order valence-corrected chi connectivity index (χ4v) is 2.99. The van der Waals surface area contributed by atoms with Gasteiger partial charge in [0, 0.05) is 10.9 Å². The zero-order valence-corrected chi connectivity index (χ0v) is 15.7. The van der Waals surface area contributed by atoms with Gasteiger partial charge in [0.05, 0.1) is 5.69 Å². The molecule has 1 amide bonds. The lowest BCUT2D eigenvalue weighted by Crippen LogP contribution is -2.31. The summed E-state index contributed by atoms with van der Waals surface area (Å²) in [6, 6.07) is 15.2. The Hall–Kier alpha value is -3.26. The lowest BCUT2D eigenvalue weighted by Gasteiger charge is -2.13. The zero-order chi connectivity index (χ0) is 19.9. The number of hydrogen-bond donors (Lipinski definition) is 1. The second kappa shape index (κ2) is 9.09. The Labute approximate surface area is 164 Å². The molecule has 3 aromatic rings. The number of esters is 1. The van der Waals surface area contributed by atoms with Crippen LogP contribution in [-0.4, -0.2) is 29.6 Å². The Morgan fingerprint density at radius 1 is 1.14 bits per heavy atom. The van der Waals surface area contributed by atoms with Crippen molar-refractivity contribution in [3.63, 3.8) is 0 Å². The van der Waals surface area contributed by atoms with Crippen molar-refractivity contribution < 1.29 is 23.5 Å². The number of carbonyl (C=O) groups excluding carboxylic acids is 2. The van der Waals surface area contributed by atoms with Gasteiger partial charge in [0.1, 0.15) is 0 Å². The van der Waals surface area contributed by atoms with Crippen molar-refractivity contribution in [3.05, 3.63) is 65.8 Å². The molecule has 0 aliphatic rings. The molecule has 6 nitrogen and oxygen atoms in total. The number of carbonyl (C=O) groups is 2. The van der Waals surface area contributed by atoms with Crippen LogP contribution in [0.1, 0.15) is 6.92 Å². The molecule has 3 rings (SSSR count). The Balaban J connectivity index is 1.50. The molecule has 1 aromatic heterocycles. The van der Waals surface area contributed by atoms with Crippen molar-refractivity contribution in [2.24, 2.45) is 0 Å². The van der Waals surface area contributed by atoms with Gasteiger partial charge in [0.15, 0.2) is 29.4 Å². The number of amides is 1. The van der Waals surface area contributed by atoms with Gasteiger partial charge in [-0.2, -0.15) is 0 Å². The number of benzene rings is 2. The molecule has 0 bridgehead atoms. The fourth-order valence-electron chi connectivity index (χ4n) is 2.26. The lowest BCUT2D eigenvalue weighted by atomic mass is 10.2. The second-order valence-corrected chi connectivity index (χ2v) is 6.60. The average Bonchev–Trinajstić information content (AvgIpc) is 3.16. The molecule has 0 unspecified atom stereocenters. The molecule has 0 aliphatic heterocycles. The molecular formula is C20H17FN2O4S. The maximum absolute atomic E-state index is 13.5. The molecule has 0 spiro atoms. The summed E-state index contributed by atoms with van der Waals surface area (Å²) in [7, 11) is 0. The maximum Gasteiger partial charge on any atom is 0.344 e. The molecule has 8 heteroatoms. The topological polar surface area (TPSA) is 77.5 Å². The minimum Gasteiger partial charge on any atom is -0.479 e. The molecule has 28 heavy (non-hydrogen) atoms. The number of anilines is 1. The highest BCUT2D eigenvalue weighted by Gasteiger charge is 2.20. The van der Waals surface area contributed by atoms with Gasteiger partial charge in [-0.1, -0.05) is 42.5 Å². The standard InChI is InChI=1S/C20H17FN2O4S/c1-13(27-18(24)11-26-17-10-6-5-9-15(17)21)19(25)23-20-22-16(12-28-20)14-7-3-2-4-8-14/h2-10,12-13H,11H2,1H3,(H,22,23,25)/t13-/m1/s1. The third-order valence-corrected chi connectivity index (χ3v) is 4.42. The van der Waals surface area contributed by atoms with E-state index in [4.69, 9.17) is 9.47 Å². The third-order valence-electron chi connectivity index (χ3n) is 3.66. The molecule has 144 valence electrons. The normalized spacial score (nSPS) is 11.5. The molecule has 2 aromatic carbocycles. The maximum atomic E-state index is 13.5. The molecule has 0 fully saturated rings. The highest BCUT2D eigenvalue weighted by Crippen LogP contribution is 2.24. The number of aromatic nitrogens is 1. The van der Waals surface area contributed by atoms with Crippen molar-refractivity contribution >= 4 is 28.3 Å². The molecule has 0 radical (unpaired) electrons. The Kier molecular flexibility index (Phi) is 6.33. The van der Waals surface area contributed by atoms with E-state index < -0.39 is 30.4 Å². The largest absolute Gasteiger partial charge is 0.479 e. The number of rotatable bonds is 7. The van der Waals surface area contributed by atoms with Crippen LogP contribution in [0.5, 0.6) is 5.75 Å². The van der Waals surface area contributed by atoms with Gasteiger partial charge in [0.2, 0.25) is 0 Å². The average molecular weight is 400 g/mol. The smallest absolute Gasteiger partial charge is 0.344 e. The first-order valence-corrected chi connectivity index (χ1v) is 9.29. The third kappa shape index (κ3) is 5.14. The van der Waals surface area contributed by atoms with Crippen LogP contribution in [-0.2, 0) is 14.3 Å². The summed E-state index contributed by atoms with van der Waals surface area (Å²) in [5.41, 5.74) is 1.67. The van der Waals surface area contributed by atoms with Crippen molar-refractivity contribution in [3.8, 4) is 17.0 Å². The van der Waals surface area contributed by atoms with Crippen LogP contribution in [0.15, 0.2) is 60.0 Å². The van der Waals surface area contributed by atoms with Crippen molar-refractivity contribution in [2.45, 2.75) is 13.0 Å². The van der Waals surface area contributed by atoms with Gasteiger partial charge >= 0.3 is 5.97 Å². The van der Waals surface area contributed by atoms with E-state index in [0.717, 1.165) is 11.3 Å². The van der Waals surface area contributed by atoms with Crippen molar-refractivity contribution in [2.75, 3.05) is 11.9 Å². The summed E-state index contributed by atoms with van der Waals surface area (Å²) in [5, 5.41) is 4.83. The van der Waals surface area contributed by atoms with Crippen molar-refractivity contribution in [1.29, 1.82) is 0 Å². The summed E-state index contributed by atoms with van der Waals surface area (Å²) < 4.78 is 23.5. The predicted molar refractivity (Wildman–Crippen MR) is 104 cm³/mol. The van der Waals surface area contributed by atoms with Crippen LogP contribution in [0, 0.1) is 5.82 Å². The van der Waals surface area contributed by atoms with Crippen LogP contribution < -0.4 is 10.1 Å². The van der Waals surface area contributed by atoms with Crippen LogP contribution >= 0.6 is 11.3 Å². The molecule has 0 saturated carbocycles. The molecule has 0 aliphatic carbocycles. The van der Waals surface area contributed by atoms with Crippen LogP contribution in [0.25, 0.3) is 11.3 Å². The van der Waals surface area contributed by atoms with E-state index in [1.165, 1.54) is 36.5 Å². The summed E-state index contributed by atoms with van der Waals surface area (Å²) >= 11 is 1.27. The highest BCUT2D eigenvalue weighted by molar-refractivity contribution is 7.14. The predicted octanol–water partition coefficient (Wildman–Crippen LogP) is 3.90. The fraction of sp³-hybridized carbons (Fsp3) is 0.150. The lowest BCUT2D eigenvalue weighted by molar-refractivity contribution is -0.155. The monoisotopic (exact) mass is 400 g/mol. The number of halogens is 1. The van der Waals surface area contributed by atoms with Crippen LogP contribution in [0.2, 0.25) is 0 Å². The van der Waals surface area contributed by atoms with E-state index in [9.17, 15) is 14.0 Å². The van der Waals surface area contributed by atoms with E-state index in [0.29, 0.717) is 5.13 Å². The number of ether oxygens (including phenoxy) is 2. The summed E-state index contributed by atoms with van der Waals surface area (Å²) in [5.74, 6) is -1.95. The Bertz CT molecular complexity index is 962. The number of nitrogens with one attached hydrogen (secondary N) is 1. The molecule has 1 N–H and O–H groups in total. The molecular weight excluding hydrogens is 383 g/mol. The minimum absolute atomic E-state index is 0.0622. The summed E-state index contributed by atoms with van der Waals surface area (Å²) in [4.78, 5) is 28.4. The quantitative estimate of drug-likeness (QED) is 0.609. The minimum atomic E-state index is -1.05. The number of hydrogen-bond acceptors (Lipinski definition) is 6. The van der Waals surface area contributed by atoms with E-state index in [2.05, 4.69) is 10.3 Å². The SMILES string of the molecule is C[C@@H](OC(=O)COc1ccccc1F)C(=O)Nc1nc(-c2ccccc2)cs1. The number of para-hydroxylation sites is 1. The molecule has 0 saturated heterocycles. The number of thiazole rings is 1. The Morgan fingerprint density at radius 2 is 1.86 bits per heavy atom. The van der Waals surface area contributed by atoms with Gasteiger partial charge in [0.25, 0.3) is 5.91 Å². The second-order valence-electron chi connectivity index (χ2n) is 5.74. The van der Waals surface area contributed by atoms with Gasteiger partial charge in [-0.3, -0.25) is 10.1 Å². The van der Waals surface area contributed by atoms with Crippen LogP contribution in [0.4, 0.5) is 9.52 Å². The highest BCUT2D eigenvalue weighted by atomic mass is 32.1. The van der Waals surface area contributed by atoms with E-state index >= 15 is 0 Å². The van der Waals surface area contributed by atoms with Gasteiger partial charge in [-0.05, 0) is 19.1 Å². The molecule has 1 atom stereocenters. The van der Waals surface area contributed by atoms with E-state index in [1.54, 1.807) is 6.07 Å². The number of nitrogens with zero attached hydrogens (tertiary/aromatic N) is 1. The first-order valence-electron chi connectivity index (χ1n) is 8.41.